The predicted molar refractivity (Wildman–Crippen MR) is 103 cm³/mol. The second kappa shape index (κ2) is 6.99. The molecule has 4 rings (SSSR count). The summed E-state index contributed by atoms with van der Waals surface area (Å²) in [5, 5.41) is 1.80. The van der Waals surface area contributed by atoms with E-state index < -0.39 is 6.16 Å². The molecule has 2 heterocycles. The average molecular weight is 362 g/mol. The van der Waals surface area contributed by atoms with Crippen molar-refractivity contribution in [2.24, 2.45) is 0 Å². The fraction of sp³-hybridized carbons (Fsp3) is 0.143. The molecule has 0 aliphatic rings. The molecular formula is C21H18N2O4. The summed E-state index contributed by atoms with van der Waals surface area (Å²) in [6.07, 6.45) is 0.872. The van der Waals surface area contributed by atoms with Crippen LogP contribution in [0, 0.1) is 6.92 Å². The highest BCUT2D eigenvalue weighted by Crippen LogP contribution is 2.38. The number of nitrogens with zero attached hydrogens (tertiary/aromatic N) is 1. The number of benzene rings is 2. The molecule has 1 N–H and O–H groups in total. The number of carbonyl (C=O) groups excluding carboxylic acids is 1. The second-order valence-corrected chi connectivity index (χ2v) is 5.98. The zero-order valence-corrected chi connectivity index (χ0v) is 15.0. The van der Waals surface area contributed by atoms with Crippen LogP contribution < -0.4 is 9.47 Å². The Kier molecular flexibility index (Phi) is 4.38. The molecule has 0 bridgehead atoms. The Labute approximate surface area is 155 Å². The van der Waals surface area contributed by atoms with E-state index >= 15 is 0 Å². The van der Waals surface area contributed by atoms with E-state index in [1.54, 1.807) is 13.1 Å². The number of carbonyl (C=O) groups is 1. The van der Waals surface area contributed by atoms with Crippen molar-refractivity contribution < 1.29 is 19.0 Å². The number of H-pyrrole nitrogens is 1. The molecule has 0 atom stereocenters. The molecule has 0 radical (unpaired) electrons. The van der Waals surface area contributed by atoms with Crippen LogP contribution >= 0.6 is 0 Å². The van der Waals surface area contributed by atoms with Crippen LogP contribution in [0.15, 0.2) is 54.7 Å². The summed E-state index contributed by atoms with van der Waals surface area (Å²) in [5.74, 6) is 1.67. The van der Waals surface area contributed by atoms with Gasteiger partial charge in [-0.15, -0.1) is 0 Å². The highest BCUT2D eigenvalue weighted by molar-refractivity contribution is 6.12. The van der Waals surface area contributed by atoms with Crippen LogP contribution in [0.2, 0.25) is 0 Å². The number of hydrogen-bond donors (Lipinski definition) is 1. The third kappa shape index (κ3) is 3.17. The van der Waals surface area contributed by atoms with Crippen molar-refractivity contribution in [2.75, 3.05) is 6.61 Å². The van der Waals surface area contributed by atoms with Crippen molar-refractivity contribution in [1.82, 2.24) is 9.97 Å². The molecule has 0 saturated heterocycles. The standard InChI is InChI=1S/C21H18N2O4/c1-3-25-21(24)27-20-13(2)18-16(12-22-20)23-15-10-7-11-17(19(15)18)26-14-8-5-4-6-9-14/h4-12,23H,3H2,1-2H3. The van der Waals surface area contributed by atoms with E-state index in [2.05, 4.69) is 9.97 Å². The zero-order valence-electron chi connectivity index (χ0n) is 15.0. The number of aromatic nitrogens is 2. The first-order chi connectivity index (χ1) is 13.2. The summed E-state index contributed by atoms with van der Waals surface area (Å²) in [6.45, 7) is 3.82. The summed E-state index contributed by atoms with van der Waals surface area (Å²) in [4.78, 5) is 19.3. The van der Waals surface area contributed by atoms with Gasteiger partial charge in [-0.2, -0.15) is 0 Å². The van der Waals surface area contributed by atoms with E-state index in [0.717, 1.165) is 33.1 Å². The van der Waals surface area contributed by atoms with Crippen LogP contribution in [0.4, 0.5) is 4.79 Å². The van der Waals surface area contributed by atoms with Gasteiger partial charge in [-0.3, -0.25) is 0 Å². The molecule has 27 heavy (non-hydrogen) atoms. The number of rotatable bonds is 4. The summed E-state index contributed by atoms with van der Waals surface area (Å²) >= 11 is 0. The smallest absolute Gasteiger partial charge is 0.457 e. The normalized spacial score (nSPS) is 10.9. The number of nitrogens with one attached hydrogen (secondary N) is 1. The number of ether oxygens (including phenoxy) is 3. The maximum Gasteiger partial charge on any atom is 0.515 e. The van der Waals surface area contributed by atoms with E-state index in [1.807, 2.05) is 55.5 Å². The predicted octanol–water partition coefficient (Wildman–Crippen LogP) is 5.35. The Hall–Kier alpha value is -3.54. The summed E-state index contributed by atoms with van der Waals surface area (Å²) in [6, 6.07) is 15.4. The Morgan fingerprint density at radius 3 is 2.63 bits per heavy atom. The Bertz CT molecular complexity index is 1120. The first-order valence-corrected chi connectivity index (χ1v) is 8.65. The largest absolute Gasteiger partial charge is 0.515 e. The monoisotopic (exact) mass is 362 g/mol. The van der Waals surface area contributed by atoms with Crippen molar-refractivity contribution in [3.05, 3.63) is 60.3 Å². The molecule has 6 nitrogen and oxygen atoms in total. The van der Waals surface area contributed by atoms with E-state index in [1.165, 1.54) is 0 Å². The molecule has 0 aliphatic carbocycles. The molecule has 4 aromatic rings. The zero-order chi connectivity index (χ0) is 18.8. The van der Waals surface area contributed by atoms with Gasteiger partial charge in [0.25, 0.3) is 0 Å². The topological polar surface area (TPSA) is 73.4 Å². The van der Waals surface area contributed by atoms with Gasteiger partial charge >= 0.3 is 6.16 Å². The molecule has 0 amide bonds. The molecule has 2 aromatic carbocycles. The van der Waals surface area contributed by atoms with Crippen LogP contribution in [0.3, 0.4) is 0 Å². The number of para-hydroxylation sites is 1. The molecule has 136 valence electrons. The van der Waals surface area contributed by atoms with Gasteiger partial charge in [0.2, 0.25) is 5.88 Å². The fourth-order valence-corrected chi connectivity index (χ4v) is 3.08. The minimum atomic E-state index is -0.770. The summed E-state index contributed by atoms with van der Waals surface area (Å²) in [7, 11) is 0. The number of fused-ring (bicyclic) bond motifs is 3. The van der Waals surface area contributed by atoms with Crippen LogP contribution in [-0.2, 0) is 4.74 Å². The Morgan fingerprint density at radius 2 is 1.85 bits per heavy atom. The fourth-order valence-electron chi connectivity index (χ4n) is 3.08. The lowest BCUT2D eigenvalue weighted by Gasteiger charge is -2.09. The van der Waals surface area contributed by atoms with Crippen molar-refractivity contribution in [3.8, 4) is 17.4 Å². The summed E-state index contributed by atoms with van der Waals surface area (Å²) in [5.41, 5.74) is 2.48. The number of aromatic amines is 1. The molecule has 0 saturated carbocycles. The first kappa shape index (κ1) is 16.9. The van der Waals surface area contributed by atoms with Gasteiger partial charge in [0.15, 0.2) is 0 Å². The van der Waals surface area contributed by atoms with Gasteiger partial charge in [0.1, 0.15) is 11.5 Å². The quantitative estimate of drug-likeness (QED) is 0.495. The van der Waals surface area contributed by atoms with Crippen LogP contribution in [0.5, 0.6) is 17.4 Å². The minimum Gasteiger partial charge on any atom is -0.457 e. The Morgan fingerprint density at radius 1 is 1.04 bits per heavy atom. The third-order valence-electron chi connectivity index (χ3n) is 4.23. The first-order valence-electron chi connectivity index (χ1n) is 8.65. The van der Waals surface area contributed by atoms with Crippen LogP contribution in [-0.4, -0.2) is 22.7 Å². The lowest BCUT2D eigenvalue weighted by molar-refractivity contribution is 0.102. The number of pyridine rings is 1. The highest BCUT2D eigenvalue weighted by atomic mass is 16.7. The van der Waals surface area contributed by atoms with Crippen molar-refractivity contribution >= 4 is 28.0 Å². The highest BCUT2D eigenvalue weighted by Gasteiger charge is 2.18. The molecule has 0 fully saturated rings. The van der Waals surface area contributed by atoms with E-state index in [-0.39, 0.29) is 12.5 Å². The molecule has 6 heteroatoms. The third-order valence-corrected chi connectivity index (χ3v) is 4.23. The van der Waals surface area contributed by atoms with E-state index in [0.29, 0.717) is 5.75 Å². The van der Waals surface area contributed by atoms with Gasteiger partial charge in [-0.25, -0.2) is 9.78 Å². The molecule has 0 spiro atoms. The number of aryl methyl sites for hydroxylation is 1. The lowest BCUT2D eigenvalue weighted by atomic mass is 10.1. The second-order valence-electron chi connectivity index (χ2n) is 5.98. The maximum atomic E-state index is 11.7. The van der Waals surface area contributed by atoms with E-state index in [4.69, 9.17) is 14.2 Å². The van der Waals surface area contributed by atoms with Crippen molar-refractivity contribution in [3.63, 3.8) is 0 Å². The SMILES string of the molecule is CCOC(=O)Oc1ncc2[nH]c3cccc(Oc4ccccc4)c3c2c1C. The van der Waals surface area contributed by atoms with E-state index in [9.17, 15) is 4.79 Å². The summed E-state index contributed by atoms with van der Waals surface area (Å²) < 4.78 is 16.2. The van der Waals surface area contributed by atoms with Gasteiger partial charge in [-0.1, -0.05) is 24.3 Å². The number of hydrogen-bond acceptors (Lipinski definition) is 5. The van der Waals surface area contributed by atoms with Gasteiger partial charge in [0, 0.05) is 10.9 Å². The van der Waals surface area contributed by atoms with Gasteiger partial charge in [-0.05, 0) is 38.1 Å². The molecule has 0 unspecified atom stereocenters. The lowest BCUT2D eigenvalue weighted by Crippen LogP contribution is -2.11. The molecular weight excluding hydrogens is 344 g/mol. The maximum absolute atomic E-state index is 11.7. The van der Waals surface area contributed by atoms with Crippen LogP contribution in [0.25, 0.3) is 21.8 Å². The molecule has 2 aromatic heterocycles. The average Bonchev–Trinajstić information content (AvgIpc) is 3.05. The van der Waals surface area contributed by atoms with Crippen molar-refractivity contribution in [1.29, 1.82) is 0 Å². The van der Waals surface area contributed by atoms with Gasteiger partial charge < -0.3 is 19.2 Å². The van der Waals surface area contributed by atoms with Crippen LogP contribution in [0.1, 0.15) is 12.5 Å². The molecule has 0 aliphatic heterocycles. The van der Waals surface area contributed by atoms with Gasteiger partial charge in [0.05, 0.1) is 29.2 Å². The Balaban J connectivity index is 1.85. The van der Waals surface area contributed by atoms with Crippen molar-refractivity contribution in [2.45, 2.75) is 13.8 Å². The minimum absolute atomic E-state index is 0.219.